The molecule has 8 heteroatoms. The molecule has 1 aromatic carbocycles. The first-order valence-corrected chi connectivity index (χ1v) is 9.17. The van der Waals surface area contributed by atoms with Crippen LogP contribution in [0.5, 0.6) is 0 Å². The summed E-state index contributed by atoms with van der Waals surface area (Å²) in [6, 6.07) is 10.3. The highest BCUT2D eigenvalue weighted by Gasteiger charge is 2.45. The van der Waals surface area contributed by atoms with E-state index >= 15 is 0 Å². The summed E-state index contributed by atoms with van der Waals surface area (Å²) in [5.74, 6) is -0.390. The molecule has 2 atom stereocenters. The van der Waals surface area contributed by atoms with Gasteiger partial charge in [-0.3, -0.25) is 18.7 Å². The van der Waals surface area contributed by atoms with Crippen molar-refractivity contribution in [1.29, 1.82) is 0 Å². The lowest BCUT2D eigenvalue weighted by Gasteiger charge is -2.47. The van der Waals surface area contributed by atoms with Crippen LogP contribution in [0.15, 0.2) is 46.0 Å². The number of hydrogen-bond donors (Lipinski definition) is 1. The molecule has 1 saturated heterocycles. The molecular formula is C20H26N4O4. The quantitative estimate of drug-likeness (QED) is 0.786. The van der Waals surface area contributed by atoms with Gasteiger partial charge < -0.3 is 14.9 Å². The number of likely N-dealkylation sites (N-methyl/N-ethyl adjacent to an activating group) is 1. The highest BCUT2D eigenvalue weighted by Crippen LogP contribution is 2.35. The van der Waals surface area contributed by atoms with Gasteiger partial charge in [0.1, 0.15) is 11.3 Å². The Balaban J connectivity index is 1.94. The van der Waals surface area contributed by atoms with Crippen LogP contribution in [-0.4, -0.2) is 63.2 Å². The van der Waals surface area contributed by atoms with Crippen LogP contribution in [0.4, 0.5) is 0 Å². The Bertz CT molecular complexity index is 996. The summed E-state index contributed by atoms with van der Waals surface area (Å²) in [7, 11) is 6.58. The summed E-state index contributed by atoms with van der Waals surface area (Å²) >= 11 is 0. The fourth-order valence-corrected chi connectivity index (χ4v) is 3.86. The van der Waals surface area contributed by atoms with Crippen LogP contribution < -0.4 is 11.2 Å². The smallest absolute Gasteiger partial charge is 0.331 e. The summed E-state index contributed by atoms with van der Waals surface area (Å²) in [4.78, 5) is 40.7. The number of carbonyl (C=O) groups excluding carboxylic acids is 1. The topological polar surface area (TPSA) is 87.8 Å². The van der Waals surface area contributed by atoms with E-state index in [0.29, 0.717) is 13.0 Å². The number of carbonyl (C=O) groups is 1. The van der Waals surface area contributed by atoms with Gasteiger partial charge >= 0.3 is 5.69 Å². The van der Waals surface area contributed by atoms with Gasteiger partial charge in [-0.05, 0) is 26.1 Å². The fraction of sp³-hybridized carbons (Fsp3) is 0.450. The maximum atomic E-state index is 13.1. The van der Waals surface area contributed by atoms with Crippen molar-refractivity contribution in [2.75, 3.05) is 27.2 Å². The third-order valence-electron chi connectivity index (χ3n) is 5.64. The zero-order valence-electron chi connectivity index (χ0n) is 16.6. The third-order valence-corrected chi connectivity index (χ3v) is 5.64. The van der Waals surface area contributed by atoms with E-state index in [1.54, 1.807) is 4.90 Å². The SMILES string of the molecule is CN(C)[C@@H]1CN(C(=O)c2cc(=O)n(C)c(=O)n2C)CC[C@]1(O)c1ccccc1. The number of aliphatic hydroxyl groups is 1. The van der Waals surface area contributed by atoms with Crippen LogP contribution in [0.1, 0.15) is 22.5 Å². The van der Waals surface area contributed by atoms with E-state index in [9.17, 15) is 19.5 Å². The first-order chi connectivity index (χ1) is 13.2. The second-order valence-electron chi connectivity index (χ2n) is 7.54. The molecular weight excluding hydrogens is 360 g/mol. The average molecular weight is 386 g/mol. The lowest BCUT2D eigenvalue weighted by molar-refractivity contribution is -0.0811. The van der Waals surface area contributed by atoms with Gasteiger partial charge in [0.2, 0.25) is 0 Å². The molecule has 0 unspecified atom stereocenters. The van der Waals surface area contributed by atoms with Gasteiger partial charge in [-0.25, -0.2) is 4.79 Å². The van der Waals surface area contributed by atoms with E-state index < -0.39 is 16.9 Å². The summed E-state index contributed by atoms with van der Waals surface area (Å²) in [5.41, 5.74) is -1.30. The minimum absolute atomic E-state index is 0.0516. The normalized spacial score (nSPS) is 22.5. The number of piperidine rings is 1. The van der Waals surface area contributed by atoms with E-state index in [0.717, 1.165) is 10.1 Å². The summed E-state index contributed by atoms with van der Waals surface area (Å²) in [5, 5.41) is 11.4. The average Bonchev–Trinajstić information content (AvgIpc) is 2.69. The zero-order chi connectivity index (χ0) is 20.6. The summed E-state index contributed by atoms with van der Waals surface area (Å²) < 4.78 is 2.15. The minimum Gasteiger partial charge on any atom is -0.383 e. The molecule has 1 fully saturated rings. The van der Waals surface area contributed by atoms with Gasteiger partial charge in [-0.15, -0.1) is 0 Å². The molecule has 28 heavy (non-hydrogen) atoms. The maximum absolute atomic E-state index is 13.1. The standard InChI is InChI=1S/C20H26N4O4/c1-21(2)16-13-24(11-10-20(16,28)14-8-6-5-7-9-14)18(26)15-12-17(25)23(4)19(27)22(15)3/h5-9,12,16,28H,10-11,13H2,1-4H3/t16-,20+/m1/s1. The first kappa shape index (κ1) is 20.0. The van der Waals surface area contributed by atoms with Crippen molar-refractivity contribution in [1.82, 2.24) is 18.9 Å². The maximum Gasteiger partial charge on any atom is 0.331 e. The number of likely N-dealkylation sites (tertiary alicyclic amines) is 1. The van der Waals surface area contributed by atoms with Gasteiger partial charge in [-0.1, -0.05) is 30.3 Å². The van der Waals surface area contributed by atoms with Crippen molar-refractivity contribution in [3.8, 4) is 0 Å². The van der Waals surface area contributed by atoms with E-state index in [4.69, 9.17) is 0 Å². The van der Waals surface area contributed by atoms with Crippen molar-refractivity contribution < 1.29 is 9.90 Å². The van der Waals surface area contributed by atoms with Gasteiger partial charge in [0.05, 0.1) is 6.04 Å². The number of rotatable bonds is 3. The molecule has 1 aliphatic rings. The molecule has 1 aromatic heterocycles. The number of amides is 1. The van der Waals surface area contributed by atoms with Crippen LogP contribution in [0.2, 0.25) is 0 Å². The van der Waals surface area contributed by atoms with Crippen molar-refractivity contribution in [3.05, 3.63) is 68.5 Å². The number of hydrogen-bond acceptors (Lipinski definition) is 5. The molecule has 0 spiro atoms. The van der Waals surface area contributed by atoms with Crippen molar-refractivity contribution in [3.63, 3.8) is 0 Å². The largest absolute Gasteiger partial charge is 0.383 e. The molecule has 3 rings (SSSR count). The van der Waals surface area contributed by atoms with Gasteiger partial charge in [0, 0.05) is 33.3 Å². The molecule has 0 aliphatic carbocycles. The minimum atomic E-state index is -1.10. The second kappa shape index (κ2) is 7.37. The van der Waals surface area contributed by atoms with Gasteiger partial charge in [0.15, 0.2) is 0 Å². The molecule has 0 bridgehead atoms. The van der Waals surface area contributed by atoms with E-state index in [2.05, 4.69) is 0 Å². The monoisotopic (exact) mass is 386 g/mol. The Hall–Kier alpha value is -2.71. The van der Waals surface area contributed by atoms with Crippen LogP contribution in [-0.2, 0) is 19.7 Å². The van der Waals surface area contributed by atoms with Crippen LogP contribution >= 0.6 is 0 Å². The number of aromatic nitrogens is 2. The van der Waals surface area contributed by atoms with Crippen LogP contribution in [0.25, 0.3) is 0 Å². The molecule has 150 valence electrons. The zero-order valence-corrected chi connectivity index (χ0v) is 16.6. The van der Waals surface area contributed by atoms with Crippen molar-refractivity contribution in [2.24, 2.45) is 14.1 Å². The van der Waals surface area contributed by atoms with E-state index in [-0.39, 0.29) is 24.2 Å². The lowest BCUT2D eigenvalue weighted by atomic mass is 9.79. The molecule has 2 aromatic rings. The first-order valence-electron chi connectivity index (χ1n) is 9.17. The Labute approximate surface area is 163 Å². The third kappa shape index (κ3) is 3.29. The van der Waals surface area contributed by atoms with Crippen LogP contribution in [0.3, 0.4) is 0 Å². The number of nitrogens with zero attached hydrogens (tertiary/aromatic N) is 4. The molecule has 1 N–H and O–H groups in total. The highest BCUT2D eigenvalue weighted by atomic mass is 16.3. The highest BCUT2D eigenvalue weighted by molar-refractivity contribution is 5.92. The Morgan fingerprint density at radius 1 is 1.14 bits per heavy atom. The fourth-order valence-electron chi connectivity index (χ4n) is 3.86. The summed E-state index contributed by atoms with van der Waals surface area (Å²) in [6.07, 6.45) is 0.352. The predicted molar refractivity (Wildman–Crippen MR) is 105 cm³/mol. The molecule has 0 saturated carbocycles. The number of benzene rings is 1. The summed E-state index contributed by atoms with van der Waals surface area (Å²) in [6.45, 7) is 0.596. The van der Waals surface area contributed by atoms with E-state index in [1.165, 1.54) is 24.7 Å². The van der Waals surface area contributed by atoms with Crippen molar-refractivity contribution >= 4 is 5.91 Å². The molecule has 0 radical (unpaired) electrons. The predicted octanol–water partition coefficient (Wildman–Crippen LogP) is -0.252. The van der Waals surface area contributed by atoms with E-state index in [1.807, 2.05) is 49.3 Å². The molecule has 8 nitrogen and oxygen atoms in total. The van der Waals surface area contributed by atoms with Crippen molar-refractivity contribution in [2.45, 2.75) is 18.1 Å². The Kier molecular flexibility index (Phi) is 5.27. The molecule has 1 aliphatic heterocycles. The Morgan fingerprint density at radius 3 is 2.39 bits per heavy atom. The lowest BCUT2D eigenvalue weighted by Crippen LogP contribution is -2.60. The second-order valence-corrected chi connectivity index (χ2v) is 7.54. The molecule has 2 heterocycles. The van der Waals surface area contributed by atoms with Gasteiger partial charge in [0.25, 0.3) is 11.5 Å². The molecule has 1 amide bonds. The van der Waals surface area contributed by atoms with Crippen LogP contribution in [0, 0.1) is 0 Å². The Morgan fingerprint density at radius 2 is 1.79 bits per heavy atom. The van der Waals surface area contributed by atoms with Gasteiger partial charge in [-0.2, -0.15) is 0 Å².